The van der Waals surface area contributed by atoms with Gasteiger partial charge in [-0.2, -0.15) is 0 Å². The Morgan fingerprint density at radius 1 is 1.05 bits per heavy atom. The monoisotopic (exact) mass is 310 g/mol. The number of halogens is 2. The minimum atomic E-state index is 0. The van der Waals surface area contributed by atoms with Gasteiger partial charge in [0.2, 0.25) is 0 Å². The average Bonchev–Trinajstić information content (AvgIpc) is 2.45. The van der Waals surface area contributed by atoms with E-state index in [1.165, 1.54) is 5.56 Å². The highest BCUT2D eigenvalue weighted by Crippen LogP contribution is 2.16. The lowest BCUT2D eigenvalue weighted by Gasteiger charge is -2.18. The summed E-state index contributed by atoms with van der Waals surface area (Å²) in [5, 5.41) is 3.48. The summed E-state index contributed by atoms with van der Waals surface area (Å²) in [7, 11) is 0. The zero-order chi connectivity index (χ0) is 12.6. The first-order chi connectivity index (χ1) is 8.90. The van der Waals surface area contributed by atoms with Crippen LogP contribution in [-0.2, 0) is 6.42 Å². The van der Waals surface area contributed by atoms with Crippen LogP contribution in [-0.4, -0.2) is 11.5 Å². The van der Waals surface area contributed by atoms with E-state index in [0.717, 1.165) is 18.7 Å². The number of pyridine rings is 1. The van der Waals surface area contributed by atoms with Crippen molar-refractivity contribution in [3.63, 3.8) is 0 Å². The Labute approximate surface area is 133 Å². The highest BCUT2D eigenvalue weighted by Gasteiger charge is 2.11. The van der Waals surface area contributed by atoms with E-state index in [9.17, 15) is 0 Å². The van der Waals surface area contributed by atoms with Gasteiger partial charge in [-0.1, -0.05) is 42.5 Å². The molecule has 1 atom stereocenters. The van der Waals surface area contributed by atoms with E-state index in [4.69, 9.17) is 0 Å². The normalized spacial score (nSPS) is 10.8. The lowest BCUT2D eigenvalue weighted by molar-refractivity contribution is 0.558. The predicted molar refractivity (Wildman–Crippen MR) is 89.8 cm³/mol. The molecule has 0 aliphatic carbocycles. The molecule has 0 saturated carbocycles. The first kappa shape index (κ1) is 18.7. The summed E-state index contributed by atoms with van der Waals surface area (Å²) in [5.74, 6) is 0. The van der Waals surface area contributed by atoms with E-state index in [1.807, 2.05) is 30.5 Å². The van der Waals surface area contributed by atoms with E-state index in [1.54, 1.807) is 0 Å². The number of hydrogen-bond donors (Lipinski definition) is 1. The van der Waals surface area contributed by atoms with Gasteiger partial charge in [0, 0.05) is 30.9 Å². The minimum Gasteiger partial charge on any atom is -0.306 e. The van der Waals surface area contributed by atoms with Gasteiger partial charge in [-0.15, -0.1) is 31.4 Å². The largest absolute Gasteiger partial charge is 0.306 e. The van der Waals surface area contributed by atoms with Crippen molar-refractivity contribution >= 4 is 24.8 Å². The van der Waals surface area contributed by atoms with E-state index in [0.29, 0.717) is 0 Å². The van der Waals surface area contributed by atoms with Gasteiger partial charge in [-0.05, 0) is 17.7 Å². The van der Waals surface area contributed by atoms with Crippen molar-refractivity contribution in [1.82, 2.24) is 10.3 Å². The molecule has 0 spiro atoms. The van der Waals surface area contributed by atoms with Crippen LogP contribution < -0.4 is 5.32 Å². The Hall–Kier alpha value is -1.35. The summed E-state index contributed by atoms with van der Waals surface area (Å²) in [5.41, 5.74) is 2.38. The smallest absolute Gasteiger partial charge is 0.0422 e. The number of nitrogens with zero attached hydrogens (tertiary/aromatic N) is 1. The molecule has 1 heterocycles. The lowest BCUT2D eigenvalue weighted by Crippen LogP contribution is -2.23. The quantitative estimate of drug-likeness (QED) is 0.816. The molecule has 1 N–H and O–H groups in total. The number of aromatic nitrogens is 1. The van der Waals surface area contributed by atoms with Gasteiger partial charge < -0.3 is 5.32 Å². The molecule has 0 saturated heterocycles. The summed E-state index contributed by atoms with van der Waals surface area (Å²) < 4.78 is 0. The van der Waals surface area contributed by atoms with Crippen LogP contribution in [0.3, 0.4) is 0 Å². The van der Waals surface area contributed by atoms with Crippen LogP contribution in [0, 0.1) is 0 Å². The molecule has 0 aliphatic heterocycles. The van der Waals surface area contributed by atoms with Crippen LogP contribution in [0.4, 0.5) is 0 Å². The zero-order valence-corrected chi connectivity index (χ0v) is 12.9. The van der Waals surface area contributed by atoms with Crippen LogP contribution in [0.15, 0.2) is 67.4 Å². The van der Waals surface area contributed by atoms with Crippen LogP contribution >= 0.6 is 24.8 Å². The van der Waals surface area contributed by atoms with Gasteiger partial charge in [-0.3, -0.25) is 4.98 Å². The fraction of sp³-hybridized carbons (Fsp3) is 0.188. The number of benzene rings is 1. The number of nitrogens with one attached hydrogen (secondary N) is 1. The summed E-state index contributed by atoms with van der Waals surface area (Å²) >= 11 is 0. The van der Waals surface area contributed by atoms with E-state index >= 15 is 0 Å². The summed E-state index contributed by atoms with van der Waals surface area (Å²) in [6.45, 7) is 4.55. The van der Waals surface area contributed by atoms with Crippen molar-refractivity contribution in [2.75, 3.05) is 6.54 Å². The predicted octanol–water partition coefficient (Wildman–Crippen LogP) is 3.98. The van der Waals surface area contributed by atoms with Crippen molar-refractivity contribution in [3.8, 4) is 0 Å². The van der Waals surface area contributed by atoms with Crippen LogP contribution in [0.2, 0.25) is 0 Å². The Morgan fingerprint density at radius 2 is 1.75 bits per heavy atom. The molecule has 2 rings (SSSR count). The lowest BCUT2D eigenvalue weighted by atomic mass is 10.0. The molecule has 0 amide bonds. The molecule has 1 unspecified atom stereocenters. The molecule has 0 fully saturated rings. The molecule has 4 heteroatoms. The highest BCUT2D eigenvalue weighted by atomic mass is 35.5. The molecule has 2 nitrogen and oxygen atoms in total. The summed E-state index contributed by atoms with van der Waals surface area (Å²) in [6.07, 6.45) is 4.61. The van der Waals surface area contributed by atoms with Gasteiger partial charge in [0.15, 0.2) is 0 Å². The number of rotatable bonds is 6. The minimum absolute atomic E-state index is 0. The van der Waals surface area contributed by atoms with Crippen LogP contribution in [0.25, 0.3) is 0 Å². The molecule has 1 aromatic heterocycles. The van der Waals surface area contributed by atoms with Gasteiger partial charge in [0.1, 0.15) is 0 Å². The van der Waals surface area contributed by atoms with E-state index < -0.39 is 0 Å². The maximum atomic E-state index is 4.39. The van der Waals surface area contributed by atoms with Crippen molar-refractivity contribution in [2.24, 2.45) is 0 Å². The molecule has 0 aliphatic rings. The molecular formula is C16H20Cl2N2. The maximum Gasteiger partial charge on any atom is 0.0422 e. The van der Waals surface area contributed by atoms with Gasteiger partial charge >= 0.3 is 0 Å². The highest BCUT2D eigenvalue weighted by molar-refractivity contribution is 5.85. The zero-order valence-electron chi connectivity index (χ0n) is 11.2. The molecule has 20 heavy (non-hydrogen) atoms. The van der Waals surface area contributed by atoms with E-state index in [2.05, 4.69) is 47.2 Å². The van der Waals surface area contributed by atoms with Crippen LogP contribution in [0.5, 0.6) is 0 Å². The third kappa shape index (κ3) is 5.74. The average molecular weight is 311 g/mol. The van der Waals surface area contributed by atoms with Crippen molar-refractivity contribution in [3.05, 3.63) is 78.6 Å². The molecule has 0 radical (unpaired) electrons. The molecular weight excluding hydrogens is 291 g/mol. The molecule has 2 aromatic rings. The molecule has 1 aromatic carbocycles. The third-order valence-electron chi connectivity index (χ3n) is 2.85. The molecule has 0 bridgehead atoms. The first-order valence-corrected chi connectivity index (χ1v) is 6.19. The summed E-state index contributed by atoms with van der Waals surface area (Å²) in [6, 6.07) is 16.8. The second-order valence-electron chi connectivity index (χ2n) is 4.19. The second-order valence-corrected chi connectivity index (χ2v) is 4.19. The Kier molecular flexibility index (Phi) is 9.73. The Morgan fingerprint density at radius 3 is 2.35 bits per heavy atom. The fourth-order valence-electron chi connectivity index (χ4n) is 1.95. The van der Waals surface area contributed by atoms with Crippen molar-refractivity contribution < 1.29 is 0 Å². The standard InChI is InChI=1S/C16H18N2.2ClH/c1-2-11-18-16(14-8-4-3-5-9-14)13-15-10-6-7-12-17-15;;/h2-10,12,16,18H,1,11,13H2;2*1H. The van der Waals surface area contributed by atoms with Crippen LogP contribution in [0.1, 0.15) is 17.3 Å². The fourth-order valence-corrected chi connectivity index (χ4v) is 1.95. The summed E-state index contributed by atoms with van der Waals surface area (Å²) in [4.78, 5) is 4.39. The molecule has 108 valence electrons. The Bertz CT molecular complexity index is 474. The Balaban J connectivity index is 0.00000180. The second kappa shape index (κ2) is 10.4. The topological polar surface area (TPSA) is 24.9 Å². The van der Waals surface area contributed by atoms with Gasteiger partial charge in [0.25, 0.3) is 0 Å². The SMILES string of the molecule is C=CCNC(Cc1ccccn1)c1ccccc1.Cl.Cl. The van der Waals surface area contributed by atoms with Gasteiger partial charge in [-0.25, -0.2) is 0 Å². The van der Waals surface area contributed by atoms with Gasteiger partial charge in [0.05, 0.1) is 0 Å². The van der Waals surface area contributed by atoms with E-state index in [-0.39, 0.29) is 30.9 Å². The number of hydrogen-bond acceptors (Lipinski definition) is 2. The third-order valence-corrected chi connectivity index (χ3v) is 2.85. The maximum absolute atomic E-state index is 4.39. The van der Waals surface area contributed by atoms with Crippen molar-refractivity contribution in [1.29, 1.82) is 0 Å². The first-order valence-electron chi connectivity index (χ1n) is 6.19. The van der Waals surface area contributed by atoms with Crippen molar-refractivity contribution in [2.45, 2.75) is 12.5 Å².